The van der Waals surface area contributed by atoms with Gasteiger partial charge in [-0.3, -0.25) is 9.59 Å². The van der Waals surface area contributed by atoms with Gasteiger partial charge in [-0.2, -0.15) is 5.10 Å². The molecule has 1 atom stereocenters. The number of carbonyl (C=O) groups excluding carboxylic acids is 3. The van der Waals surface area contributed by atoms with Gasteiger partial charge in [0.05, 0.1) is 6.54 Å². The Balaban J connectivity index is 1.25. The maximum absolute atomic E-state index is 13.5. The van der Waals surface area contributed by atoms with Crippen LogP contribution in [0.5, 0.6) is 11.5 Å². The Labute approximate surface area is 235 Å². The minimum Gasteiger partial charge on any atom is -0.457 e. The highest BCUT2D eigenvalue weighted by molar-refractivity contribution is 5.98. The summed E-state index contributed by atoms with van der Waals surface area (Å²) in [4.78, 5) is 46.2. The molecular weight excluding hydrogens is 531 g/mol. The summed E-state index contributed by atoms with van der Waals surface area (Å²) in [5, 5.41) is 6.79. The van der Waals surface area contributed by atoms with E-state index in [1.54, 1.807) is 24.3 Å². The Morgan fingerprint density at radius 3 is 2.32 bits per heavy atom. The van der Waals surface area contributed by atoms with Crippen molar-refractivity contribution in [2.24, 2.45) is 0 Å². The van der Waals surface area contributed by atoms with E-state index in [-0.39, 0.29) is 44.5 Å². The quantitative estimate of drug-likeness (QED) is 0.350. The van der Waals surface area contributed by atoms with E-state index in [1.165, 1.54) is 51.4 Å². The lowest BCUT2D eigenvalue weighted by Crippen LogP contribution is -2.61. The Morgan fingerprint density at radius 2 is 1.63 bits per heavy atom. The summed E-state index contributed by atoms with van der Waals surface area (Å²) in [6.07, 6.45) is 2.17. The lowest BCUT2D eigenvalue weighted by Gasteiger charge is -2.40. The molecule has 0 aliphatic carbocycles. The largest absolute Gasteiger partial charge is 0.457 e. The molecule has 0 radical (unpaired) electrons. The van der Waals surface area contributed by atoms with Gasteiger partial charge >= 0.3 is 6.09 Å². The number of aromatic nitrogens is 3. The Bertz CT molecular complexity index is 1470. The molecule has 1 saturated heterocycles. The van der Waals surface area contributed by atoms with Gasteiger partial charge < -0.3 is 24.6 Å². The fourth-order valence-corrected chi connectivity index (χ4v) is 4.30. The van der Waals surface area contributed by atoms with Gasteiger partial charge in [0.25, 0.3) is 0 Å². The molecule has 1 aliphatic heterocycles. The van der Waals surface area contributed by atoms with Gasteiger partial charge in [-0.15, -0.1) is 0 Å². The van der Waals surface area contributed by atoms with Crippen LogP contribution < -0.4 is 10.1 Å². The monoisotopic (exact) mass is 558 g/mol. The van der Waals surface area contributed by atoms with Crippen LogP contribution in [0.15, 0.2) is 91.5 Å². The van der Waals surface area contributed by atoms with Crippen LogP contribution in [0, 0.1) is 5.82 Å². The maximum Gasteiger partial charge on any atom is 0.410 e. The van der Waals surface area contributed by atoms with E-state index in [9.17, 15) is 18.8 Å². The van der Waals surface area contributed by atoms with Crippen molar-refractivity contribution in [2.75, 3.05) is 25.0 Å². The van der Waals surface area contributed by atoms with E-state index >= 15 is 0 Å². The SMILES string of the molecule is O=C(Nc1ccc(Oc2ccc(F)cc2)cc1)[C@@H]1CN(C(=O)OCc2ccccc2)CCN1C(=O)Cn1cncn1. The summed E-state index contributed by atoms with van der Waals surface area (Å²) in [6.45, 7) is 0.284. The van der Waals surface area contributed by atoms with Gasteiger partial charge in [-0.25, -0.2) is 18.9 Å². The molecule has 11 nitrogen and oxygen atoms in total. The zero-order valence-electron chi connectivity index (χ0n) is 21.9. The molecule has 1 aromatic heterocycles. The number of nitrogens with one attached hydrogen (secondary N) is 1. The Kier molecular flexibility index (Phi) is 8.48. The first-order valence-corrected chi connectivity index (χ1v) is 12.9. The standard InChI is InChI=1S/C29H27FN6O5/c30-22-6-10-24(11-7-22)41-25-12-8-23(9-13-25)33-28(38)26-16-34(29(39)40-18-21-4-2-1-3-5-21)14-15-36(26)27(37)17-35-20-31-19-32-35/h1-13,19-20,26H,14-18H2,(H,33,38)/t26-/m0/s1. The molecule has 0 unspecified atom stereocenters. The van der Waals surface area contributed by atoms with Gasteiger partial charge in [-0.1, -0.05) is 30.3 Å². The van der Waals surface area contributed by atoms with Crippen molar-refractivity contribution < 1.29 is 28.2 Å². The molecule has 0 saturated carbocycles. The number of halogens is 1. The highest BCUT2D eigenvalue weighted by Crippen LogP contribution is 2.24. The summed E-state index contributed by atoms with van der Waals surface area (Å²) >= 11 is 0. The predicted octanol–water partition coefficient (Wildman–Crippen LogP) is 3.70. The van der Waals surface area contributed by atoms with Crippen molar-refractivity contribution in [1.29, 1.82) is 0 Å². The lowest BCUT2D eigenvalue weighted by atomic mass is 10.1. The summed E-state index contributed by atoms with van der Waals surface area (Å²) in [5.41, 5.74) is 1.30. The highest BCUT2D eigenvalue weighted by Gasteiger charge is 2.37. The number of piperazine rings is 1. The fraction of sp³-hybridized carbons (Fsp3) is 0.207. The van der Waals surface area contributed by atoms with Crippen molar-refractivity contribution in [3.8, 4) is 11.5 Å². The fourth-order valence-electron chi connectivity index (χ4n) is 4.30. The van der Waals surface area contributed by atoms with Crippen LogP contribution >= 0.6 is 0 Å². The van der Waals surface area contributed by atoms with Crippen LogP contribution in [0.1, 0.15) is 5.56 Å². The first kappa shape index (κ1) is 27.3. The number of carbonyl (C=O) groups is 3. The summed E-state index contributed by atoms with van der Waals surface area (Å²) in [6, 6.07) is 20.5. The van der Waals surface area contributed by atoms with Crippen molar-refractivity contribution in [1.82, 2.24) is 24.6 Å². The van der Waals surface area contributed by atoms with Crippen molar-refractivity contribution in [3.63, 3.8) is 0 Å². The smallest absolute Gasteiger partial charge is 0.410 e. The van der Waals surface area contributed by atoms with E-state index in [0.717, 1.165) is 5.56 Å². The van der Waals surface area contributed by atoms with E-state index in [1.807, 2.05) is 30.3 Å². The van der Waals surface area contributed by atoms with Crippen molar-refractivity contribution in [2.45, 2.75) is 19.2 Å². The third-order valence-electron chi connectivity index (χ3n) is 6.40. The molecule has 4 aromatic rings. The molecule has 0 bridgehead atoms. The third-order valence-corrected chi connectivity index (χ3v) is 6.40. The third kappa shape index (κ3) is 7.24. The minimum atomic E-state index is -0.973. The molecule has 0 spiro atoms. The zero-order valence-corrected chi connectivity index (χ0v) is 21.9. The number of anilines is 1. The summed E-state index contributed by atoms with van der Waals surface area (Å²) < 4.78 is 25.7. The molecule has 2 heterocycles. The highest BCUT2D eigenvalue weighted by atomic mass is 19.1. The number of benzene rings is 3. The average Bonchev–Trinajstić information content (AvgIpc) is 3.51. The van der Waals surface area contributed by atoms with Gasteiger partial charge in [0.2, 0.25) is 11.8 Å². The number of ether oxygens (including phenoxy) is 2. The Morgan fingerprint density at radius 1 is 0.927 bits per heavy atom. The minimum absolute atomic E-state index is 0.0473. The molecule has 12 heteroatoms. The molecule has 1 fully saturated rings. The van der Waals surface area contributed by atoms with E-state index in [0.29, 0.717) is 17.2 Å². The van der Waals surface area contributed by atoms with Crippen molar-refractivity contribution >= 4 is 23.6 Å². The van der Waals surface area contributed by atoms with E-state index in [4.69, 9.17) is 9.47 Å². The average molecular weight is 559 g/mol. The van der Waals surface area contributed by atoms with E-state index in [2.05, 4.69) is 15.4 Å². The number of nitrogens with zero attached hydrogens (tertiary/aromatic N) is 5. The van der Waals surface area contributed by atoms with Gasteiger partial charge in [0.1, 0.15) is 49.2 Å². The molecule has 3 aromatic carbocycles. The second kappa shape index (κ2) is 12.7. The first-order valence-electron chi connectivity index (χ1n) is 12.9. The molecule has 1 aliphatic rings. The summed E-state index contributed by atoms with van der Waals surface area (Å²) in [7, 11) is 0. The Hall–Kier alpha value is -5.26. The molecule has 5 rings (SSSR count). The first-order chi connectivity index (χ1) is 19.9. The second-order valence-electron chi connectivity index (χ2n) is 9.25. The lowest BCUT2D eigenvalue weighted by molar-refractivity contribution is -0.142. The van der Waals surface area contributed by atoms with Crippen LogP contribution in [-0.4, -0.2) is 68.1 Å². The van der Waals surface area contributed by atoms with Crippen LogP contribution in [0.4, 0.5) is 14.9 Å². The number of rotatable bonds is 8. The molecule has 1 N–H and O–H groups in total. The van der Waals surface area contributed by atoms with Crippen LogP contribution in [-0.2, 0) is 27.5 Å². The van der Waals surface area contributed by atoms with Gasteiger partial charge in [0, 0.05) is 18.8 Å². The van der Waals surface area contributed by atoms with Crippen LogP contribution in [0.25, 0.3) is 0 Å². The normalized spacial score (nSPS) is 14.8. The van der Waals surface area contributed by atoms with Crippen molar-refractivity contribution in [3.05, 3.63) is 103 Å². The topological polar surface area (TPSA) is 119 Å². The summed E-state index contributed by atoms with van der Waals surface area (Å²) in [5.74, 6) is -0.217. The molecule has 3 amide bonds. The molecular formula is C29H27FN6O5. The van der Waals surface area contributed by atoms with Gasteiger partial charge in [-0.05, 0) is 54.1 Å². The van der Waals surface area contributed by atoms with Crippen LogP contribution in [0.2, 0.25) is 0 Å². The number of hydrogen-bond acceptors (Lipinski definition) is 7. The maximum atomic E-state index is 13.5. The second-order valence-corrected chi connectivity index (χ2v) is 9.25. The van der Waals surface area contributed by atoms with Gasteiger partial charge in [0.15, 0.2) is 0 Å². The van der Waals surface area contributed by atoms with Crippen LogP contribution in [0.3, 0.4) is 0 Å². The zero-order chi connectivity index (χ0) is 28.6. The number of amides is 3. The predicted molar refractivity (Wildman–Crippen MR) is 145 cm³/mol. The van der Waals surface area contributed by atoms with E-state index < -0.39 is 18.0 Å². The molecule has 210 valence electrons. The molecule has 41 heavy (non-hydrogen) atoms. The number of hydrogen-bond donors (Lipinski definition) is 1.